The zero-order chi connectivity index (χ0) is 21.3. The number of amides is 1. The average Bonchev–Trinajstić information content (AvgIpc) is 2.79. The van der Waals surface area contributed by atoms with E-state index in [1.54, 1.807) is 72.7 Å². The lowest BCUT2D eigenvalue weighted by atomic mass is 10.1. The number of aromatic nitrogens is 1. The number of nitrogens with zero attached hydrogens (tertiary/aromatic N) is 2. The maximum atomic E-state index is 13.3. The zero-order valence-corrected chi connectivity index (χ0v) is 17.1. The van der Waals surface area contributed by atoms with Gasteiger partial charge in [0.15, 0.2) is 0 Å². The van der Waals surface area contributed by atoms with E-state index >= 15 is 0 Å². The van der Waals surface area contributed by atoms with Gasteiger partial charge in [0.1, 0.15) is 5.75 Å². The molecule has 0 aliphatic rings. The van der Waals surface area contributed by atoms with Crippen LogP contribution < -0.4 is 9.64 Å². The fraction of sp³-hybridized carbons (Fsp3) is 0.208. The summed E-state index contributed by atoms with van der Waals surface area (Å²) in [5, 5.41) is 0. The van der Waals surface area contributed by atoms with Crippen molar-refractivity contribution in [3.63, 3.8) is 0 Å². The molecule has 0 fully saturated rings. The summed E-state index contributed by atoms with van der Waals surface area (Å²) in [6, 6.07) is 17.6. The number of hydrogen-bond donors (Lipinski definition) is 0. The zero-order valence-electron chi connectivity index (χ0n) is 17.1. The number of carbonyl (C=O) groups is 2. The lowest BCUT2D eigenvalue weighted by molar-refractivity contribution is 0.0526. The molecule has 0 unspecified atom stereocenters. The van der Waals surface area contributed by atoms with E-state index in [0.29, 0.717) is 42.3 Å². The van der Waals surface area contributed by atoms with Crippen LogP contribution in [0.5, 0.6) is 5.75 Å². The van der Waals surface area contributed by atoms with Gasteiger partial charge in [-0.05, 0) is 74.0 Å². The van der Waals surface area contributed by atoms with Crippen LogP contribution in [0.3, 0.4) is 0 Å². The van der Waals surface area contributed by atoms with E-state index in [1.807, 2.05) is 19.1 Å². The number of esters is 1. The van der Waals surface area contributed by atoms with Crippen molar-refractivity contribution in [2.45, 2.75) is 20.4 Å². The number of anilines is 1. The van der Waals surface area contributed by atoms with Gasteiger partial charge in [0, 0.05) is 23.6 Å². The van der Waals surface area contributed by atoms with Gasteiger partial charge in [-0.3, -0.25) is 9.78 Å². The molecule has 0 aliphatic carbocycles. The Morgan fingerprint density at radius 3 is 2.20 bits per heavy atom. The lowest BCUT2D eigenvalue weighted by Crippen LogP contribution is -2.30. The van der Waals surface area contributed by atoms with Crippen LogP contribution in [0.1, 0.15) is 40.1 Å². The summed E-state index contributed by atoms with van der Waals surface area (Å²) in [5.41, 5.74) is 2.55. The van der Waals surface area contributed by atoms with Crippen molar-refractivity contribution in [1.82, 2.24) is 4.98 Å². The van der Waals surface area contributed by atoms with Crippen molar-refractivity contribution >= 4 is 17.6 Å². The van der Waals surface area contributed by atoms with Crippen LogP contribution in [0.2, 0.25) is 0 Å². The first-order chi connectivity index (χ1) is 14.6. The van der Waals surface area contributed by atoms with Gasteiger partial charge in [-0.15, -0.1) is 0 Å². The second-order valence-corrected chi connectivity index (χ2v) is 6.48. The van der Waals surface area contributed by atoms with Gasteiger partial charge in [-0.1, -0.05) is 6.07 Å². The summed E-state index contributed by atoms with van der Waals surface area (Å²) in [4.78, 5) is 31.0. The van der Waals surface area contributed by atoms with E-state index in [9.17, 15) is 9.59 Å². The molecule has 0 spiro atoms. The highest BCUT2D eigenvalue weighted by Gasteiger charge is 2.19. The molecule has 3 aromatic rings. The SMILES string of the molecule is CCOC(=O)c1ccc(N(Cc2cccnc2)C(=O)c2ccc(OCC)cc2)cc1. The van der Waals surface area contributed by atoms with E-state index in [-0.39, 0.29) is 11.9 Å². The van der Waals surface area contributed by atoms with Crippen LogP contribution in [0.25, 0.3) is 0 Å². The van der Waals surface area contributed by atoms with Crippen molar-refractivity contribution in [3.8, 4) is 5.75 Å². The molecule has 1 amide bonds. The van der Waals surface area contributed by atoms with Crippen LogP contribution in [-0.2, 0) is 11.3 Å². The van der Waals surface area contributed by atoms with Gasteiger partial charge in [0.2, 0.25) is 0 Å². The van der Waals surface area contributed by atoms with E-state index in [2.05, 4.69) is 4.98 Å². The van der Waals surface area contributed by atoms with E-state index in [4.69, 9.17) is 9.47 Å². The molecular formula is C24H24N2O4. The van der Waals surface area contributed by atoms with E-state index in [0.717, 1.165) is 5.56 Å². The number of rotatable bonds is 8. The van der Waals surface area contributed by atoms with Gasteiger partial charge in [0.05, 0.1) is 25.3 Å². The monoisotopic (exact) mass is 404 g/mol. The predicted molar refractivity (Wildman–Crippen MR) is 115 cm³/mol. The third-order valence-electron chi connectivity index (χ3n) is 4.41. The fourth-order valence-electron chi connectivity index (χ4n) is 2.96. The molecule has 0 saturated heterocycles. The standard InChI is InChI=1S/C24H24N2O4/c1-3-29-22-13-9-19(10-14-22)23(27)26(17-18-6-5-15-25-16-18)21-11-7-20(8-12-21)24(28)30-4-2/h5-16H,3-4,17H2,1-2H3. The minimum absolute atomic E-state index is 0.161. The molecular weight excluding hydrogens is 380 g/mol. The number of benzene rings is 2. The van der Waals surface area contributed by atoms with Crippen molar-refractivity contribution in [1.29, 1.82) is 0 Å². The van der Waals surface area contributed by atoms with Crippen LogP contribution in [-0.4, -0.2) is 30.1 Å². The predicted octanol–water partition coefficient (Wildman–Crippen LogP) is 4.50. The van der Waals surface area contributed by atoms with E-state index < -0.39 is 0 Å². The number of ether oxygens (including phenoxy) is 2. The smallest absolute Gasteiger partial charge is 0.338 e. The van der Waals surface area contributed by atoms with Gasteiger partial charge in [-0.25, -0.2) is 4.79 Å². The molecule has 30 heavy (non-hydrogen) atoms. The third kappa shape index (κ3) is 5.23. The van der Waals surface area contributed by atoms with Gasteiger partial charge >= 0.3 is 5.97 Å². The highest BCUT2D eigenvalue weighted by atomic mass is 16.5. The Morgan fingerprint density at radius 1 is 0.900 bits per heavy atom. The van der Waals surface area contributed by atoms with Crippen molar-refractivity contribution in [3.05, 3.63) is 89.7 Å². The number of carbonyl (C=O) groups excluding carboxylic acids is 2. The Balaban J connectivity index is 1.90. The summed E-state index contributed by atoms with van der Waals surface area (Å²) < 4.78 is 10.5. The molecule has 0 radical (unpaired) electrons. The Hall–Kier alpha value is -3.67. The molecule has 1 heterocycles. The molecule has 0 saturated carbocycles. The molecule has 154 valence electrons. The maximum Gasteiger partial charge on any atom is 0.338 e. The van der Waals surface area contributed by atoms with E-state index in [1.165, 1.54) is 0 Å². The number of pyridine rings is 1. The highest BCUT2D eigenvalue weighted by molar-refractivity contribution is 6.06. The summed E-state index contributed by atoms with van der Waals surface area (Å²) in [6.45, 7) is 4.89. The third-order valence-corrected chi connectivity index (χ3v) is 4.41. The van der Waals surface area contributed by atoms with Gasteiger partial charge in [-0.2, -0.15) is 0 Å². The summed E-state index contributed by atoms with van der Waals surface area (Å²) in [5.74, 6) is 0.165. The first-order valence-electron chi connectivity index (χ1n) is 9.83. The van der Waals surface area contributed by atoms with Gasteiger partial charge in [0.25, 0.3) is 5.91 Å². The van der Waals surface area contributed by atoms with Crippen LogP contribution in [0, 0.1) is 0 Å². The van der Waals surface area contributed by atoms with Crippen molar-refractivity contribution in [2.75, 3.05) is 18.1 Å². The largest absolute Gasteiger partial charge is 0.494 e. The fourth-order valence-corrected chi connectivity index (χ4v) is 2.96. The van der Waals surface area contributed by atoms with Crippen LogP contribution in [0.15, 0.2) is 73.1 Å². The number of hydrogen-bond acceptors (Lipinski definition) is 5. The Bertz CT molecular complexity index is 970. The molecule has 0 atom stereocenters. The molecule has 1 aromatic heterocycles. The minimum atomic E-state index is -0.388. The molecule has 0 aliphatic heterocycles. The van der Waals surface area contributed by atoms with Crippen molar-refractivity contribution < 1.29 is 19.1 Å². The minimum Gasteiger partial charge on any atom is -0.494 e. The Morgan fingerprint density at radius 2 is 1.60 bits per heavy atom. The Kier molecular flexibility index (Phi) is 7.16. The average molecular weight is 404 g/mol. The van der Waals surface area contributed by atoms with Crippen LogP contribution >= 0.6 is 0 Å². The molecule has 6 heteroatoms. The lowest BCUT2D eigenvalue weighted by Gasteiger charge is -2.23. The summed E-state index contributed by atoms with van der Waals surface area (Å²) in [6.07, 6.45) is 3.42. The normalized spacial score (nSPS) is 10.3. The quantitative estimate of drug-likeness (QED) is 0.517. The molecule has 0 bridgehead atoms. The highest BCUT2D eigenvalue weighted by Crippen LogP contribution is 2.22. The molecule has 6 nitrogen and oxygen atoms in total. The topological polar surface area (TPSA) is 68.7 Å². The second-order valence-electron chi connectivity index (χ2n) is 6.48. The second kappa shape index (κ2) is 10.2. The summed E-state index contributed by atoms with van der Waals surface area (Å²) in [7, 11) is 0. The molecule has 3 rings (SSSR count). The molecule has 0 N–H and O–H groups in total. The first-order valence-corrected chi connectivity index (χ1v) is 9.83. The Labute approximate surface area is 176 Å². The van der Waals surface area contributed by atoms with Gasteiger partial charge < -0.3 is 14.4 Å². The molecule has 2 aromatic carbocycles. The maximum absolute atomic E-state index is 13.3. The van der Waals surface area contributed by atoms with Crippen LogP contribution in [0.4, 0.5) is 5.69 Å². The first kappa shape index (κ1) is 21.0. The van der Waals surface area contributed by atoms with Crippen molar-refractivity contribution in [2.24, 2.45) is 0 Å². The summed E-state index contributed by atoms with van der Waals surface area (Å²) >= 11 is 0.